The first kappa shape index (κ1) is 24.5. The van der Waals surface area contributed by atoms with Crippen LogP contribution in [0.25, 0.3) is 44.7 Å². The maximum Gasteiger partial charge on any atom is 0.298 e. The van der Waals surface area contributed by atoms with Crippen LogP contribution in [0.3, 0.4) is 0 Å². The molecule has 0 fully saturated rings. The van der Waals surface area contributed by atoms with E-state index in [2.05, 4.69) is 80.8 Å². The molecule has 6 rings (SSSR count). The number of pyridine rings is 1. The second kappa shape index (κ2) is 10.9. The minimum atomic E-state index is 0.0653. The van der Waals surface area contributed by atoms with Crippen LogP contribution in [0.4, 0.5) is 6.01 Å². The lowest BCUT2D eigenvalue weighted by Crippen LogP contribution is -2.28. The molecule has 0 saturated heterocycles. The van der Waals surface area contributed by atoms with Crippen molar-refractivity contribution in [3.63, 3.8) is 0 Å². The number of unbranched alkanes of at least 4 members (excludes halogenated alkanes) is 1. The summed E-state index contributed by atoms with van der Waals surface area (Å²) >= 11 is 0. The number of anilines is 1. The number of hydrogen-bond acceptors (Lipinski definition) is 7. The van der Waals surface area contributed by atoms with Gasteiger partial charge in [0.2, 0.25) is 5.82 Å². The van der Waals surface area contributed by atoms with Crippen molar-refractivity contribution in [1.29, 1.82) is 0 Å². The van der Waals surface area contributed by atoms with Crippen LogP contribution >= 0.6 is 0 Å². The van der Waals surface area contributed by atoms with E-state index in [0.29, 0.717) is 11.8 Å². The molecule has 0 aliphatic carbocycles. The van der Waals surface area contributed by atoms with Crippen LogP contribution in [0.15, 0.2) is 95.7 Å². The molecular formula is C31H29N7O. The molecule has 3 heterocycles. The summed E-state index contributed by atoms with van der Waals surface area (Å²) in [6, 6.07) is 27.5. The van der Waals surface area contributed by atoms with Gasteiger partial charge in [0.05, 0.1) is 6.04 Å². The van der Waals surface area contributed by atoms with Gasteiger partial charge in [0.15, 0.2) is 5.58 Å². The van der Waals surface area contributed by atoms with Crippen molar-refractivity contribution >= 4 is 17.1 Å². The third-order valence-corrected chi connectivity index (χ3v) is 7.08. The predicted octanol–water partition coefficient (Wildman–Crippen LogP) is 7.10. The van der Waals surface area contributed by atoms with E-state index in [0.717, 1.165) is 58.3 Å². The third-order valence-electron chi connectivity index (χ3n) is 7.08. The number of benzene rings is 3. The largest absolute Gasteiger partial charge is 0.423 e. The van der Waals surface area contributed by atoms with Crippen LogP contribution in [0.5, 0.6) is 0 Å². The van der Waals surface area contributed by atoms with Crippen LogP contribution in [0, 0.1) is 0 Å². The van der Waals surface area contributed by atoms with Crippen LogP contribution in [-0.2, 0) is 0 Å². The Morgan fingerprint density at radius 3 is 2.33 bits per heavy atom. The molecule has 194 valence electrons. The van der Waals surface area contributed by atoms with Crippen molar-refractivity contribution in [2.24, 2.45) is 0 Å². The highest BCUT2D eigenvalue weighted by Crippen LogP contribution is 2.35. The molecule has 0 spiro atoms. The van der Waals surface area contributed by atoms with Gasteiger partial charge in [-0.15, -0.1) is 10.2 Å². The Labute approximate surface area is 226 Å². The van der Waals surface area contributed by atoms with Gasteiger partial charge < -0.3 is 9.32 Å². The zero-order valence-electron chi connectivity index (χ0n) is 22.0. The van der Waals surface area contributed by atoms with E-state index in [1.165, 1.54) is 5.56 Å². The lowest BCUT2D eigenvalue weighted by molar-refractivity contribution is 0.524. The van der Waals surface area contributed by atoms with Crippen molar-refractivity contribution in [2.45, 2.75) is 32.7 Å². The SMILES string of the molecule is CCCCN(c1nc2c(-c3ccncc3)cccc2o1)[C@H](C)c1ccc(-c2ccccc2-c2nn[nH]n2)cc1. The van der Waals surface area contributed by atoms with Crippen molar-refractivity contribution < 1.29 is 4.42 Å². The van der Waals surface area contributed by atoms with Crippen molar-refractivity contribution in [3.8, 4) is 33.6 Å². The van der Waals surface area contributed by atoms with Crippen LogP contribution in [0.1, 0.15) is 38.3 Å². The monoisotopic (exact) mass is 515 g/mol. The van der Waals surface area contributed by atoms with Gasteiger partial charge >= 0.3 is 0 Å². The van der Waals surface area contributed by atoms with Crippen molar-refractivity contribution in [2.75, 3.05) is 11.4 Å². The molecule has 0 aliphatic rings. The number of rotatable bonds is 9. The Morgan fingerprint density at radius 2 is 1.59 bits per heavy atom. The maximum atomic E-state index is 6.36. The Balaban J connectivity index is 1.33. The van der Waals surface area contributed by atoms with E-state index >= 15 is 0 Å². The predicted molar refractivity (Wildman–Crippen MR) is 153 cm³/mol. The summed E-state index contributed by atoms with van der Waals surface area (Å²) in [5.41, 5.74) is 8.02. The van der Waals surface area contributed by atoms with E-state index in [4.69, 9.17) is 9.40 Å². The topological polar surface area (TPSA) is 96.6 Å². The van der Waals surface area contributed by atoms with Gasteiger partial charge in [-0.3, -0.25) is 4.98 Å². The normalized spacial score (nSPS) is 12.1. The van der Waals surface area contributed by atoms with Crippen LogP contribution < -0.4 is 4.90 Å². The Hall–Kier alpha value is -4.85. The van der Waals surface area contributed by atoms with Crippen molar-refractivity contribution in [1.82, 2.24) is 30.6 Å². The zero-order chi connectivity index (χ0) is 26.6. The summed E-state index contributed by atoms with van der Waals surface area (Å²) < 4.78 is 6.36. The minimum absolute atomic E-state index is 0.0653. The molecule has 0 amide bonds. The van der Waals surface area contributed by atoms with Crippen molar-refractivity contribution in [3.05, 3.63) is 96.8 Å². The first-order valence-electron chi connectivity index (χ1n) is 13.2. The van der Waals surface area contributed by atoms with E-state index < -0.39 is 0 Å². The van der Waals surface area contributed by atoms with Gasteiger partial charge in [-0.25, -0.2) is 0 Å². The highest BCUT2D eigenvalue weighted by molar-refractivity contribution is 5.91. The number of oxazole rings is 1. The van der Waals surface area contributed by atoms with Gasteiger partial charge in [-0.2, -0.15) is 10.2 Å². The number of para-hydroxylation sites is 1. The number of aromatic nitrogens is 6. The second-order valence-corrected chi connectivity index (χ2v) is 9.51. The lowest BCUT2D eigenvalue weighted by atomic mass is 9.97. The first-order chi connectivity index (χ1) is 19.2. The standard InChI is InChI=1S/C31H29N7O/c1-3-4-20-38(31-33-29-26(10-7-11-28(29)39-31)24-16-18-32-19-17-24)21(2)22-12-14-23(15-13-22)25-8-5-6-9-27(25)30-34-36-37-35-30/h5-19,21H,3-4,20H2,1-2H3,(H,34,35,36,37)/t21-/m1/s1. The molecule has 8 heteroatoms. The van der Waals surface area contributed by atoms with Crippen LogP contribution in [-0.4, -0.2) is 37.1 Å². The summed E-state index contributed by atoms with van der Waals surface area (Å²) in [4.78, 5) is 11.4. The molecular weight excluding hydrogens is 486 g/mol. The Bertz CT molecular complexity index is 1660. The van der Waals surface area contributed by atoms with E-state index in [1.807, 2.05) is 42.5 Å². The Morgan fingerprint density at radius 1 is 0.846 bits per heavy atom. The molecule has 3 aromatic carbocycles. The molecule has 6 aromatic rings. The number of H-pyrrole nitrogens is 1. The molecule has 39 heavy (non-hydrogen) atoms. The molecule has 0 unspecified atom stereocenters. The highest BCUT2D eigenvalue weighted by Gasteiger charge is 2.23. The number of fused-ring (bicyclic) bond motifs is 1. The summed E-state index contributed by atoms with van der Waals surface area (Å²) in [7, 11) is 0. The van der Waals surface area contributed by atoms with Gasteiger partial charge in [0.1, 0.15) is 5.52 Å². The van der Waals surface area contributed by atoms with Gasteiger partial charge in [0, 0.05) is 30.1 Å². The fraction of sp³-hybridized carbons (Fsp3) is 0.194. The fourth-order valence-corrected chi connectivity index (χ4v) is 4.93. The van der Waals surface area contributed by atoms with E-state index in [1.54, 1.807) is 12.4 Å². The first-order valence-corrected chi connectivity index (χ1v) is 13.2. The minimum Gasteiger partial charge on any atom is -0.423 e. The zero-order valence-corrected chi connectivity index (χ0v) is 22.0. The number of nitrogens with one attached hydrogen (secondary N) is 1. The average Bonchev–Trinajstić information content (AvgIpc) is 3.68. The molecule has 1 N–H and O–H groups in total. The summed E-state index contributed by atoms with van der Waals surface area (Å²) in [5.74, 6) is 0.580. The molecule has 8 nitrogen and oxygen atoms in total. The second-order valence-electron chi connectivity index (χ2n) is 9.51. The molecule has 1 atom stereocenters. The summed E-state index contributed by atoms with van der Waals surface area (Å²) in [5, 5.41) is 14.6. The molecule has 0 radical (unpaired) electrons. The van der Waals surface area contributed by atoms with E-state index in [9.17, 15) is 0 Å². The summed E-state index contributed by atoms with van der Waals surface area (Å²) in [6.07, 6.45) is 5.72. The third kappa shape index (κ3) is 4.88. The number of nitrogens with zero attached hydrogens (tertiary/aromatic N) is 6. The maximum absolute atomic E-state index is 6.36. The quantitative estimate of drug-likeness (QED) is 0.219. The van der Waals surface area contributed by atoms with Crippen LogP contribution in [0.2, 0.25) is 0 Å². The van der Waals surface area contributed by atoms with Gasteiger partial charge in [-0.1, -0.05) is 74.0 Å². The van der Waals surface area contributed by atoms with E-state index in [-0.39, 0.29) is 6.04 Å². The molecule has 0 aliphatic heterocycles. The smallest absolute Gasteiger partial charge is 0.298 e. The lowest BCUT2D eigenvalue weighted by Gasteiger charge is -2.28. The van der Waals surface area contributed by atoms with Gasteiger partial charge in [0.25, 0.3) is 6.01 Å². The highest BCUT2D eigenvalue weighted by atomic mass is 16.4. The summed E-state index contributed by atoms with van der Waals surface area (Å²) in [6.45, 7) is 5.25. The fourth-order valence-electron chi connectivity index (χ4n) is 4.93. The molecule has 3 aromatic heterocycles. The number of tetrazole rings is 1. The Kier molecular flexibility index (Phi) is 6.82. The molecule has 0 bridgehead atoms. The number of aromatic amines is 1. The molecule has 0 saturated carbocycles. The van der Waals surface area contributed by atoms with Gasteiger partial charge in [-0.05, 0) is 59.0 Å². The average molecular weight is 516 g/mol. The number of hydrogen-bond donors (Lipinski definition) is 1.